The van der Waals surface area contributed by atoms with E-state index in [1.165, 1.54) is 6.33 Å². The van der Waals surface area contributed by atoms with E-state index in [9.17, 15) is 0 Å². The molecule has 3 nitrogen and oxygen atoms in total. The second-order valence-corrected chi connectivity index (χ2v) is 5.73. The first kappa shape index (κ1) is 14.3. The van der Waals surface area contributed by atoms with E-state index >= 15 is 0 Å². The zero-order valence-electron chi connectivity index (χ0n) is 10.7. The van der Waals surface area contributed by atoms with Crippen molar-refractivity contribution in [3.63, 3.8) is 0 Å². The summed E-state index contributed by atoms with van der Waals surface area (Å²) in [5.41, 5.74) is 1.92. The summed E-state index contributed by atoms with van der Waals surface area (Å²) in [6.07, 6.45) is 1.42. The van der Waals surface area contributed by atoms with Crippen molar-refractivity contribution in [2.24, 2.45) is 0 Å². The molecule has 0 atom stereocenters. The Hall–Kier alpha value is -1.13. The van der Waals surface area contributed by atoms with Gasteiger partial charge < -0.3 is 4.74 Å². The van der Waals surface area contributed by atoms with E-state index in [2.05, 4.69) is 25.9 Å². The molecular weight excluding hydrogens is 328 g/mol. The molecule has 100 valence electrons. The summed E-state index contributed by atoms with van der Waals surface area (Å²) in [7, 11) is 0. The molecule has 1 aromatic carbocycles. The van der Waals surface area contributed by atoms with Gasteiger partial charge in [-0.2, -0.15) is 0 Å². The molecule has 0 saturated carbocycles. The molecule has 2 rings (SSSR count). The first-order valence-electron chi connectivity index (χ1n) is 5.95. The summed E-state index contributed by atoms with van der Waals surface area (Å²) in [6.45, 7) is 4.54. The first-order valence-corrected chi connectivity index (χ1v) is 7.12. The van der Waals surface area contributed by atoms with Crippen LogP contribution in [0.25, 0.3) is 0 Å². The highest BCUT2D eigenvalue weighted by Gasteiger charge is 2.14. The Bertz CT molecular complexity index is 558. The van der Waals surface area contributed by atoms with Crippen LogP contribution in [0.5, 0.6) is 5.88 Å². The quantitative estimate of drug-likeness (QED) is 0.763. The normalized spacial score (nSPS) is 10.8. The first-order chi connectivity index (χ1) is 9.08. The van der Waals surface area contributed by atoms with E-state index in [4.69, 9.17) is 16.3 Å². The van der Waals surface area contributed by atoms with Gasteiger partial charge in [-0.05, 0) is 23.6 Å². The van der Waals surface area contributed by atoms with Gasteiger partial charge in [0.15, 0.2) is 0 Å². The van der Waals surface area contributed by atoms with Crippen LogP contribution < -0.4 is 4.74 Å². The number of halogens is 2. The van der Waals surface area contributed by atoms with Crippen LogP contribution in [0.3, 0.4) is 0 Å². The van der Waals surface area contributed by atoms with Gasteiger partial charge in [-0.25, -0.2) is 9.97 Å². The average Bonchev–Trinajstić information content (AvgIpc) is 2.37. The molecule has 2 aromatic rings. The molecular formula is C14H14BrClN2O. The van der Waals surface area contributed by atoms with E-state index in [1.54, 1.807) is 0 Å². The summed E-state index contributed by atoms with van der Waals surface area (Å²) in [5.74, 6) is 0.770. The van der Waals surface area contributed by atoms with Crippen LogP contribution in [0.15, 0.2) is 35.1 Å². The van der Waals surface area contributed by atoms with Crippen molar-refractivity contribution in [2.45, 2.75) is 26.4 Å². The Morgan fingerprint density at radius 2 is 1.89 bits per heavy atom. The Kier molecular flexibility index (Phi) is 4.77. The monoisotopic (exact) mass is 340 g/mol. The minimum atomic E-state index is 0.216. The third-order valence-corrected chi connectivity index (χ3v) is 3.49. The molecule has 1 heterocycles. The fraction of sp³-hybridized carbons (Fsp3) is 0.286. The molecule has 5 heteroatoms. The molecule has 0 aliphatic carbocycles. The molecule has 0 N–H and O–H groups in total. The second kappa shape index (κ2) is 6.35. The average molecular weight is 342 g/mol. The lowest BCUT2D eigenvalue weighted by Gasteiger charge is -2.13. The van der Waals surface area contributed by atoms with Crippen molar-refractivity contribution >= 4 is 27.5 Å². The lowest BCUT2D eigenvalue weighted by Crippen LogP contribution is -2.03. The lowest BCUT2D eigenvalue weighted by molar-refractivity contribution is 0.288. The van der Waals surface area contributed by atoms with Gasteiger partial charge in [-0.3, -0.25) is 0 Å². The highest BCUT2D eigenvalue weighted by Crippen LogP contribution is 2.30. The van der Waals surface area contributed by atoms with Crippen LogP contribution >= 0.6 is 27.5 Å². The van der Waals surface area contributed by atoms with Gasteiger partial charge in [0.25, 0.3) is 0 Å². The van der Waals surface area contributed by atoms with E-state index in [1.807, 2.05) is 38.1 Å². The van der Waals surface area contributed by atoms with Crippen molar-refractivity contribution in [2.75, 3.05) is 0 Å². The molecule has 0 radical (unpaired) electrons. The van der Waals surface area contributed by atoms with E-state index in [0.29, 0.717) is 17.6 Å². The molecule has 0 amide bonds. The van der Waals surface area contributed by atoms with Crippen LogP contribution in [0.4, 0.5) is 0 Å². The Balaban J connectivity index is 2.15. The highest BCUT2D eigenvalue weighted by atomic mass is 79.9. The highest BCUT2D eigenvalue weighted by molar-refractivity contribution is 9.10. The van der Waals surface area contributed by atoms with Crippen molar-refractivity contribution in [3.8, 4) is 5.88 Å². The van der Waals surface area contributed by atoms with Crippen LogP contribution in [0.2, 0.25) is 5.15 Å². The molecule has 19 heavy (non-hydrogen) atoms. The predicted molar refractivity (Wildman–Crippen MR) is 79.6 cm³/mol. The predicted octanol–water partition coefficient (Wildman–Crippen LogP) is 4.59. The van der Waals surface area contributed by atoms with Gasteiger partial charge in [-0.15, -0.1) is 0 Å². The topological polar surface area (TPSA) is 35.0 Å². The maximum Gasteiger partial charge on any atom is 0.221 e. The van der Waals surface area contributed by atoms with Gasteiger partial charge in [-0.1, -0.05) is 53.5 Å². The fourth-order valence-electron chi connectivity index (χ4n) is 1.69. The maximum atomic E-state index is 6.09. The third kappa shape index (κ3) is 3.67. The number of hydrogen-bond acceptors (Lipinski definition) is 3. The number of benzene rings is 1. The molecule has 0 aliphatic heterocycles. The van der Waals surface area contributed by atoms with Crippen LogP contribution in [-0.2, 0) is 6.61 Å². The Labute approximate surface area is 126 Å². The fourth-order valence-corrected chi connectivity index (χ4v) is 2.30. The smallest absolute Gasteiger partial charge is 0.221 e. The molecule has 0 spiro atoms. The van der Waals surface area contributed by atoms with Crippen molar-refractivity contribution in [1.82, 2.24) is 9.97 Å². The number of ether oxygens (including phenoxy) is 1. The summed E-state index contributed by atoms with van der Waals surface area (Å²) >= 11 is 9.49. The minimum Gasteiger partial charge on any atom is -0.472 e. The van der Waals surface area contributed by atoms with Gasteiger partial charge in [0.2, 0.25) is 5.88 Å². The van der Waals surface area contributed by atoms with Crippen LogP contribution in [0.1, 0.15) is 30.9 Å². The number of rotatable bonds is 4. The molecule has 0 aliphatic rings. The summed E-state index contributed by atoms with van der Waals surface area (Å²) in [5, 5.41) is 0.454. The molecule has 0 saturated heterocycles. The standard InChI is InChI=1S/C14H14BrClN2O/c1-9(2)12-13(16)17-8-18-14(12)19-7-10-3-5-11(15)6-4-10/h3-6,8-9H,7H2,1-2H3. The van der Waals surface area contributed by atoms with E-state index < -0.39 is 0 Å². The summed E-state index contributed by atoms with van der Waals surface area (Å²) < 4.78 is 6.80. The summed E-state index contributed by atoms with van der Waals surface area (Å²) in [4.78, 5) is 8.16. The van der Waals surface area contributed by atoms with Crippen molar-refractivity contribution < 1.29 is 4.74 Å². The van der Waals surface area contributed by atoms with Gasteiger partial charge in [0, 0.05) is 4.47 Å². The molecule has 0 bridgehead atoms. The third-order valence-electron chi connectivity index (χ3n) is 2.66. The number of aromatic nitrogens is 2. The van der Waals surface area contributed by atoms with Gasteiger partial charge in [0.05, 0.1) is 5.56 Å². The Morgan fingerprint density at radius 1 is 1.21 bits per heavy atom. The minimum absolute atomic E-state index is 0.216. The maximum absolute atomic E-state index is 6.09. The zero-order chi connectivity index (χ0) is 13.8. The molecule has 1 aromatic heterocycles. The van der Waals surface area contributed by atoms with Crippen molar-refractivity contribution in [1.29, 1.82) is 0 Å². The largest absolute Gasteiger partial charge is 0.472 e. The van der Waals surface area contributed by atoms with Crippen LogP contribution in [0, 0.1) is 0 Å². The lowest BCUT2D eigenvalue weighted by atomic mass is 10.1. The number of hydrogen-bond donors (Lipinski definition) is 0. The van der Waals surface area contributed by atoms with E-state index in [0.717, 1.165) is 15.6 Å². The second-order valence-electron chi connectivity index (χ2n) is 4.45. The van der Waals surface area contributed by atoms with Gasteiger partial charge in [0.1, 0.15) is 18.1 Å². The number of nitrogens with zero attached hydrogens (tertiary/aromatic N) is 2. The van der Waals surface area contributed by atoms with Crippen molar-refractivity contribution in [3.05, 3.63) is 51.3 Å². The SMILES string of the molecule is CC(C)c1c(Cl)ncnc1OCc1ccc(Br)cc1. The van der Waals surface area contributed by atoms with Crippen LogP contribution in [-0.4, -0.2) is 9.97 Å². The van der Waals surface area contributed by atoms with Gasteiger partial charge >= 0.3 is 0 Å². The molecule has 0 unspecified atom stereocenters. The molecule has 0 fully saturated rings. The zero-order valence-corrected chi connectivity index (χ0v) is 13.1. The van der Waals surface area contributed by atoms with E-state index in [-0.39, 0.29) is 5.92 Å². The Morgan fingerprint density at radius 3 is 2.53 bits per heavy atom. The summed E-state index contributed by atoms with van der Waals surface area (Å²) in [6, 6.07) is 7.97.